The Morgan fingerprint density at radius 2 is 2.17 bits per heavy atom. The predicted molar refractivity (Wildman–Crippen MR) is 65.4 cm³/mol. The minimum Gasteiger partial charge on any atom is -0.419 e. The van der Waals surface area contributed by atoms with Gasteiger partial charge in [-0.15, -0.1) is 21.8 Å². The molecule has 7 heteroatoms. The largest absolute Gasteiger partial charge is 0.419 e. The Morgan fingerprint density at radius 1 is 1.44 bits per heavy atom. The summed E-state index contributed by atoms with van der Waals surface area (Å²) in [6.45, 7) is 3.38. The molecule has 0 bridgehead atoms. The van der Waals surface area contributed by atoms with Gasteiger partial charge in [0.15, 0.2) is 0 Å². The van der Waals surface area contributed by atoms with Crippen LogP contribution in [0.3, 0.4) is 0 Å². The van der Waals surface area contributed by atoms with Crippen LogP contribution in [0.25, 0.3) is 11.5 Å². The van der Waals surface area contributed by atoms with E-state index in [1.807, 2.05) is 0 Å². The zero-order valence-electron chi connectivity index (χ0n) is 9.75. The minimum absolute atomic E-state index is 0.0594. The van der Waals surface area contributed by atoms with Crippen LogP contribution in [0.2, 0.25) is 0 Å². The maximum absolute atomic E-state index is 10.7. The number of halogens is 1. The van der Waals surface area contributed by atoms with E-state index in [0.717, 1.165) is 0 Å². The van der Waals surface area contributed by atoms with Gasteiger partial charge in [0.2, 0.25) is 11.8 Å². The molecule has 94 valence electrons. The SMILES string of the molecule is Cc1cc(-c2nnc(C(C)Cl)o2)ccc1[N+](=O)[O-]. The van der Waals surface area contributed by atoms with Crippen LogP contribution in [0, 0.1) is 17.0 Å². The van der Waals surface area contributed by atoms with Gasteiger partial charge in [-0.3, -0.25) is 10.1 Å². The summed E-state index contributed by atoms with van der Waals surface area (Å²) in [6.07, 6.45) is 0. The van der Waals surface area contributed by atoms with Crippen LogP contribution in [0.4, 0.5) is 5.69 Å². The van der Waals surface area contributed by atoms with Gasteiger partial charge in [0.05, 0.1) is 4.92 Å². The second-order valence-electron chi connectivity index (χ2n) is 3.82. The van der Waals surface area contributed by atoms with Crippen LogP contribution >= 0.6 is 11.6 Å². The molecule has 1 heterocycles. The van der Waals surface area contributed by atoms with Crippen LogP contribution in [0.5, 0.6) is 0 Å². The highest BCUT2D eigenvalue weighted by molar-refractivity contribution is 6.20. The lowest BCUT2D eigenvalue weighted by atomic mass is 10.1. The molecule has 1 aromatic heterocycles. The van der Waals surface area contributed by atoms with E-state index in [1.165, 1.54) is 6.07 Å². The number of nitrogens with zero attached hydrogens (tertiary/aromatic N) is 3. The third-order valence-electron chi connectivity index (χ3n) is 2.42. The highest BCUT2D eigenvalue weighted by Gasteiger charge is 2.16. The fraction of sp³-hybridized carbons (Fsp3) is 0.273. The fourth-order valence-corrected chi connectivity index (χ4v) is 1.59. The van der Waals surface area contributed by atoms with E-state index in [2.05, 4.69) is 10.2 Å². The van der Waals surface area contributed by atoms with Gasteiger partial charge in [-0.25, -0.2) is 0 Å². The third kappa shape index (κ3) is 2.33. The first-order valence-electron chi connectivity index (χ1n) is 5.22. The molecule has 0 amide bonds. The van der Waals surface area contributed by atoms with E-state index >= 15 is 0 Å². The van der Waals surface area contributed by atoms with Crippen LogP contribution in [0.1, 0.15) is 23.8 Å². The number of aryl methyl sites for hydroxylation is 1. The van der Waals surface area contributed by atoms with Crippen molar-refractivity contribution in [2.24, 2.45) is 0 Å². The first-order valence-corrected chi connectivity index (χ1v) is 5.65. The Labute approximate surface area is 108 Å². The van der Waals surface area contributed by atoms with Crippen LogP contribution in [-0.4, -0.2) is 15.1 Å². The number of nitro groups is 1. The highest BCUT2D eigenvalue weighted by Crippen LogP contribution is 2.27. The third-order valence-corrected chi connectivity index (χ3v) is 2.61. The van der Waals surface area contributed by atoms with E-state index in [4.69, 9.17) is 16.0 Å². The summed E-state index contributed by atoms with van der Waals surface area (Å²) in [4.78, 5) is 10.3. The Bertz CT molecular complexity index is 595. The molecule has 0 saturated heterocycles. The summed E-state index contributed by atoms with van der Waals surface area (Å²) >= 11 is 5.82. The van der Waals surface area contributed by atoms with Crippen molar-refractivity contribution in [3.8, 4) is 11.5 Å². The summed E-state index contributed by atoms with van der Waals surface area (Å²) in [5.74, 6) is 0.623. The van der Waals surface area contributed by atoms with Gasteiger partial charge in [-0.2, -0.15) is 0 Å². The van der Waals surface area contributed by atoms with Crippen molar-refractivity contribution in [3.05, 3.63) is 39.8 Å². The van der Waals surface area contributed by atoms with Crippen LogP contribution < -0.4 is 0 Å². The monoisotopic (exact) mass is 267 g/mol. The highest BCUT2D eigenvalue weighted by atomic mass is 35.5. The Balaban J connectivity index is 2.39. The number of rotatable bonds is 3. The number of aromatic nitrogens is 2. The molecule has 0 aliphatic rings. The van der Waals surface area contributed by atoms with Crippen molar-refractivity contribution in [2.75, 3.05) is 0 Å². The standard InChI is InChI=1S/C11H10ClN3O3/c1-6-5-8(3-4-9(6)15(16)17)11-14-13-10(18-11)7(2)12/h3-5,7H,1-2H3. The quantitative estimate of drug-likeness (QED) is 0.484. The maximum atomic E-state index is 10.7. The number of hydrogen-bond acceptors (Lipinski definition) is 5. The number of alkyl halides is 1. The van der Waals surface area contributed by atoms with Crippen molar-refractivity contribution in [3.63, 3.8) is 0 Å². The smallest absolute Gasteiger partial charge is 0.272 e. The summed E-state index contributed by atoms with van der Waals surface area (Å²) in [7, 11) is 0. The molecule has 0 aliphatic heterocycles. The topological polar surface area (TPSA) is 82.1 Å². The van der Waals surface area contributed by atoms with Gasteiger partial charge in [0.25, 0.3) is 5.69 Å². The van der Waals surface area contributed by atoms with E-state index in [1.54, 1.807) is 26.0 Å². The van der Waals surface area contributed by atoms with E-state index < -0.39 is 4.92 Å². The zero-order chi connectivity index (χ0) is 13.3. The predicted octanol–water partition coefficient (Wildman–Crippen LogP) is 3.25. The minimum atomic E-state index is -0.431. The molecule has 1 aromatic carbocycles. The number of benzene rings is 1. The van der Waals surface area contributed by atoms with Crippen molar-refractivity contribution in [2.45, 2.75) is 19.2 Å². The lowest BCUT2D eigenvalue weighted by molar-refractivity contribution is -0.385. The molecule has 1 unspecified atom stereocenters. The maximum Gasteiger partial charge on any atom is 0.272 e. The molecule has 1 atom stereocenters. The van der Waals surface area contributed by atoms with Crippen molar-refractivity contribution >= 4 is 17.3 Å². The normalized spacial score (nSPS) is 12.4. The summed E-state index contributed by atoms with van der Waals surface area (Å²) in [5.41, 5.74) is 1.23. The molecular weight excluding hydrogens is 258 g/mol. The van der Waals surface area contributed by atoms with E-state index in [-0.39, 0.29) is 11.1 Å². The van der Waals surface area contributed by atoms with Crippen molar-refractivity contribution < 1.29 is 9.34 Å². The lowest BCUT2D eigenvalue weighted by Crippen LogP contribution is -1.91. The Hall–Kier alpha value is -1.95. The first-order chi connectivity index (χ1) is 8.49. The van der Waals surface area contributed by atoms with Gasteiger partial charge >= 0.3 is 0 Å². The van der Waals surface area contributed by atoms with E-state index in [9.17, 15) is 10.1 Å². The van der Waals surface area contributed by atoms with Crippen molar-refractivity contribution in [1.82, 2.24) is 10.2 Å². The Kier molecular flexibility index (Phi) is 3.29. The van der Waals surface area contributed by atoms with Gasteiger partial charge in [-0.05, 0) is 26.0 Å². The molecule has 6 nitrogen and oxygen atoms in total. The molecule has 0 N–H and O–H groups in total. The molecule has 0 fully saturated rings. The molecule has 0 spiro atoms. The molecular formula is C11H10ClN3O3. The second kappa shape index (κ2) is 4.73. The van der Waals surface area contributed by atoms with Gasteiger partial charge < -0.3 is 4.42 Å². The molecule has 2 aromatic rings. The van der Waals surface area contributed by atoms with E-state index in [0.29, 0.717) is 22.9 Å². The van der Waals surface area contributed by atoms with Gasteiger partial charge in [-0.1, -0.05) is 0 Å². The number of hydrogen-bond donors (Lipinski definition) is 0. The van der Waals surface area contributed by atoms with Crippen LogP contribution in [-0.2, 0) is 0 Å². The molecule has 0 aliphatic carbocycles. The van der Waals surface area contributed by atoms with Crippen molar-refractivity contribution in [1.29, 1.82) is 0 Å². The van der Waals surface area contributed by atoms with Gasteiger partial charge in [0, 0.05) is 17.2 Å². The number of nitro benzene ring substituents is 1. The van der Waals surface area contributed by atoms with Gasteiger partial charge in [0.1, 0.15) is 5.38 Å². The summed E-state index contributed by atoms with van der Waals surface area (Å²) < 4.78 is 5.36. The van der Waals surface area contributed by atoms with Crippen LogP contribution in [0.15, 0.2) is 22.6 Å². The average Bonchev–Trinajstić information content (AvgIpc) is 2.77. The second-order valence-corrected chi connectivity index (χ2v) is 4.47. The average molecular weight is 268 g/mol. The molecule has 18 heavy (non-hydrogen) atoms. The Morgan fingerprint density at radius 3 is 2.67 bits per heavy atom. The summed E-state index contributed by atoms with van der Waals surface area (Å²) in [5, 5.41) is 18.0. The zero-order valence-corrected chi connectivity index (χ0v) is 10.5. The first kappa shape index (κ1) is 12.5. The molecule has 0 radical (unpaired) electrons. The summed E-state index contributed by atoms with van der Waals surface area (Å²) in [6, 6.07) is 4.62. The molecule has 0 saturated carbocycles. The fourth-order valence-electron chi connectivity index (χ4n) is 1.51. The lowest BCUT2D eigenvalue weighted by Gasteiger charge is -1.99. The molecule has 2 rings (SSSR count).